The van der Waals surface area contributed by atoms with Gasteiger partial charge >= 0.3 is 6.18 Å². The van der Waals surface area contributed by atoms with Crippen molar-refractivity contribution >= 4 is 11.6 Å². The highest BCUT2D eigenvalue weighted by molar-refractivity contribution is 5.92. The van der Waals surface area contributed by atoms with E-state index in [1.165, 1.54) is 12.1 Å². The fourth-order valence-electron chi connectivity index (χ4n) is 4.95. The molecule has 1 aromatic heterocycles. The van der Waals surface area contributed by atoms with E-state index in [0.717, 1.165) is 36.4 Å². The van der Waals surface area contributed by atoms with Crippen LogP contribution in [-0.2, 0) is 19.1 Å². The van der Waals surface area contributed by atoms with Crippen molar-refractivity contribution in [2.45, 2.75) is 38.4 Å². The maximum atomic E-state index is 13.7. The third-order valence-corrected chi connectivity index (χ3v) is 6.97. The Labute approximate surface area is 201 Å². The molecule has 0 unspecified atom stereocenters. The predicted octanol–water partition coefficient (Wildman–Crippen LogP) is 5.04. The number of hydrogen-bond donors (Lipinski definition) is 0. The van der Waals surface area contributed by atoms with E-state index in [-0.39, 0.29) is 17.6 Å². The first-order chi connectivity index (χ1) is 16.7. The first-order valence-electron chi connectivity index (χ1n) is 11.7. The van der Waals surface area contributed by atoms with Gasteiger partial charge in [-0.05, 0) is 48.7 Å². The van der Waals surface area contributed by atoms with Crippen molar-refractivity contribution in [1.29, 1.82) is 0 Å². The van der Waals surface area contributed by atoms with Gasteiger partial charge in [-0.1, -0.05) is 18.2 Å². The van der Waals surface area contributed by atoms with Gasteiger partial charge in [0.15, 0.2) is 0 Å². The lowest BCUT2D eigenvalue weighted by molar-refractivity contribution is -0.137. The third kappa shape index (κ3) is 4.76. The van der Waals surface area contributed by atoms with Crippen LogP contribution in [0.3, 0.4) is 0 Å². The number of fused-ring (bicyclic) bond motifs is 1. The molecule has 0 saturated carbocycles. The minimum absolute atomic E-state index is 0.162. The topological polar surface area (TPSA) is 41.4 Å². The highest BCUT2D eigenvalue weighted by atomic mass is 19.4. The van der Waals surface area contributed by atoms with Gasteiger partial charge in [-0.25, -0.2) is 9.37 Å². The lowest BCUT2D eigenvalue weighted by Gasteiger charge is -2.36. The van der Waals surface area contributed by atoms with Gasteiger partial charge in [0.25, 0.3) is 5.91 Å². The number of nitrogens with zero attached hydrogens (tertiary/aromatic N) is 4. The van der Waals surface area contributed by atoms with Gasteiger partial charge in [-0.15, -0.1) is 0 Å². The van der Waals surface area contributed by atoms with Gasteiger partial charge in [0.1, 0.15) is 17.3 Å². The SMILES string of the molecule is Cc1cc([C@@H]2CCc3nc(C(=O)N4CCN(c5cccc(C(F)(F)F)c5)CC4)cn3C2)ccc1F. The summed E-state index contributed by atoms with van der Waals surface area (Å²) in [6.45, 7) is 4.17. The molecule has 0 N–H and O–H groups in total. The zero-order chi connectivity index (χ0) is 24.7. The Morgan fingerprint density at radius 2 is 1.83 bits per heavy atom. The average molecular weight is 487 g/mol. The van der Waals surface area contributed by atoms with Crippen LogP contribution in [0.25, 0.3) is 0 Å². The molecule has 0 aliphatic carbocycles. The molecule has 1 saturated heterocycles. The molecule has 2 aromatic carbocycles. The molecule has 0 radical (unpaired) electrons. The van der Waals surface area contributed by atoms with Crippen LogP contribution in [0, 0.1) is 12.7 Å². The second-order valence-corrected chi connectivity index (χ2v) is 9.27. The zero-order valence-corrected chi connectivity index (χ0v) is 19.4. The number of piperazine rings is 1. The molecule has 9 heteroatoms. The first-order valence-corrected chi connectivity index (χ1v) is 11.7. The smallest absolute Gasteiger partial charge is 0.368 e. The van der Waals surface area contributed by atoms with E-state index in [2.05, 4.69) is 4.98 Å². The summed E-state index contributed by atoms with van der Waals surface area (Å²) in [6.07, 6.45) is -0.981. The number of carbonyl (C=O) groups excluding carboxylic acids is 1. The second-order valence-electron chi connectivity index (χ2n) is 9.27. The molecular formula is C26H26F4N4O. The number of aryl methyl sites for hydroxylation is 2. The van der Waals surface area contributed by atoms with Crippen molar-refractivity contribution in [2.75, 3.05) is 31.1 Å². The molecule has 35 heavy (non-hydrogen) atoms. The van der Waals surface area contributed by atoms with Gasteiger partial charge in [0, 0.05) is 56.9 Å². The number of imidazole rings is 1. The van der Waals surface area contributed by atoms with Crippen LogP contribution in [0.15, 0.2) is 48.7 Å². The predicted molar refractivity (Wildman–Crippen MR) is 124 cm³/mol. The molecule has 1 atom stereocenters. The molecule has 3 heterocycles. The molecule has 5 nitrogen and oxygen atoms in total. The van der Waals surface area contributed by atoms with E-state index in [1.54, 1.807) is 24.1 Å². The van der Waals surface area contributed by atoms with Crippen LogP contribution in [0.5, 0.6) is 0 Å². The summed E-state index contributed by atoms with van der Waals surface area (Å²) in [6, 6.07) is 10.5. The number of amides is 1. The van der Waals surface area contributed by atoms with Gasteiger partial charge in [0.05, 0.1) is 5.56 Å². The van der Waals surface area contributed by atoms with E-state index in [0.29, 0.717) is 49.7 Å². The third-order valence-electron chi connectivity index (χ3n) is 6.97. The van der Waals surface area contributed by atoms with E-state index in [9.17, 15) is 22.4 Å². The molecule has 0 spiro atoms. The summed E-state index contributed by atoms with van der Waals surface area (Å²) >= 11 is 0. The number of benzene rings is 2. The molecular weight excluding hydrogens is 460 g/mol. The maximum absolute atomic E-state index is 13.7. The molecule has 1 amide bonds. The molecule has 1 fully saturated rings. The standard InChI is InChI=1S/C26H26F4N4O/c1-17-13-18(5-7-22(17)27)19-6-8-24-31-23(16-34(24)15-19)25(35)33-11-9-32(10-12-33)21-4-2-3-20(14-21)26(28,29)30/h2-5,7,13-14,16,19H,6,8-12,15H2,1H3/t19-/m1/s1. The van der Waals surface area contributed by atoms with Gasteiger partial charge in [-0.3, -0.25) is 4.79 Å². The van der Waals surface area contributed by atoms with E-state index in [1.807, 2.05) is 21.6 Å². The van der Waals surface area contributed by atoms with Crippen LogP contribution >= 0.6 is 0 Å². The van der Waals surface area contributed by atoms with Gasteiger partial charge < -0.3 is 14.4 Å². The van der Waals surface area contributed by atoms with Crippen LogP contribution in [-0.4, -0.2) is 46.5 Å². The normalized spacial score (nSPS) is 18.5. The minimum Gasteiger partial charge on any atom is -0.368 e. The monoisotopic (exact) mass is 486 g/mol. The number of hydrogen-bond acceptors (Lipinski definition) is 3. The highest BCUT2D eigenvalue weighted by Gasteiger charge is 2.32. The number of rotatable bonds is 3. The Morgan fingerprint density at radius 3 is 2.54 bits per heavy atom. The summed E-state index contributed by atoms with van der Waals surface area (Å²) in [5.74, 6) is 0.722. The van der Waals surface area contributed by atoms with Crippen LogP contribution in [0.1, 0.15) is 45.3 Å². The van der Waals surface area contributed by atoms with Crippen molar-refractivity contribution in [1.82, 2.24) is 14.5 Å². The minimum atomic E-state index is -4.39. The molecule has 3 aromatic rings. The summed E-state index contributed by atoms with van der Waals surface area (Å²) in [5, 5.41) is 0. The van der Waals surface area contributed by atoms with Crippen molar-refractivity contribution in [3.63, 3.8) is 0 Å². The van der Waals surface area contributed by atoms with Crippen LogP contribution in [0.2, 0.25) is 0 Å². The largest absolute Gasteiger partial charge is 0.416 e. The van der Waals surface area contributed by atoms with Crippen molar-refractivity contribution in [3.8, 4) is 0 Å². The Morgan fingerprint density at radius 1 is 1.06 bits per heavy atom. The highest BCUT2D eigenvalue weighted by Crippen LogP contribution is 2.32. The van der Waals surface area contributed by atoms with Crippen molar-refractivity contribution in [3.05, 3.63) is 82.7 Å². The molecule has 2 aliphatic rings. The Bertz CT molecular complexity index is 1240. The summed E-state index contributed by atoms with van der Waals surface area (Å²) < 4.78 is 54.8. The van der Waals surface area contributed by atoms with Crippen molar-refractivity contribution < 1.29 is 22.4 Å². The lowest BCUT2D eigenvalue weighted by atomic mass is 9.90. The second kappa shape index (κ2) is 9.02. The zero-order valence-electron chi connectivity index (χ0n) is 19.4. The van der Waals surface area contributed by atoms with Gasteiger partial charge in [0.2, 0.25) is 0 Å². The lowest BCUT2D eigenvalue weighted by Crippen LogP contribution is -2.49. The average Bonchev–Trinajstić information content (AvgIpc) is 3.28. The van der Waals surface area contributed by atoms with Crippen molar-refractivity contribution in [2.24, 2.45) is 0 Å². The number of halogens is 4. The number of aromatic nitrogens is 2. The van der Waals surface area contributed by atoms with E-state index in [4.69, 9.17) is 0 Å². The molecule has 0 bridgehead atoms. The Balaban J connectivity index is 1.23. The first kappa shape index (κ1) is 23.4. The summed E-state index contributed by atoms with van der Waals surface area (Å²) in [4.78, 5) is 21.3. The maximum Gasteiger partial charge on any atom is 0.416 e. The summed E-state index contributed by atoms with van der Waals surface area (Å²) in [7, 11) is 0. The Hall–Kier alpha value is -3.36. The number of alkyl halides is 3. The quantitative estimate of drug-likeness (QED) is 0.487. The van der Waals surface area contributed by atoms with Crippen LogP contribution in [0.4, 0.5) is 23.2 Å². The fraction of sp³-hybridized carbons (Fsp3) is 0.385. The number of carbonyl (C=O) groups is 1. The molecule has 184 valence electrons. The van der Waals surface area contributed by atoms with Gasteiger partial charge in [-0.2, -0.15) is 13.2 Å². The molecule has 2 aliphatic heterocycles. The van der Waals surface area contributed by atoms with E-state index >= 15 is 0 Å². The fourth-order valence-corrected chi connectivity index (χ4v) is 4.95. The molecule has 5 rings (SSSR count). The van der Waals surface area contributed by atoms with E-state index < -0.39 is 11.7 Å². The number of anilines is 1. The summed E-state index contributed by atoms with van der Waals surface area (Å²) in [5.41, 5.74) is 1.93. The van der Waals surface area contributed by atoms with Crippen LogP contribution < -0.4 is 4.90 Å². The Kier molecular flexibility index (Phi) is 6.02.